The lowest BCUT2D eigenvalue weighted by molar-refractivity contribution is 0.102. The van der Waals surface area contributed by atoms with Crippen LogP contribution in [0.15, 0.2) is 42.5 Å². The Kier molecular flexibility index (Phi) is 4.01. The first-order valence-corrected chi connectivity index (χ1v) is 6.79. The summed E-state index contributed by atoms with van der Waals surface area (Å²) >= 11 is 2.23. The Labute approximate surface area is 121 Å². The zero-order valence-electron chi connectivity index (χ0n) is 10.3. The number of benzene rings is 2. The maximum absolute atomic E-state index is 12.2. The summed E-state index contributed by atoms with van der Waals surface area (Å²) in [7, 11) is 0. The van der Waals surface area contributed by atoms with Gasteiger partial charge in [0, 0.05) is 14.8 Å². The van der Waals surface area contributed by atoms with Crippen LogP contribution in [-0.4, -0.2) is 5.91 Å². The normalized spacial score (nSPS) is 10.2. The van der Waals surface area contributed by atoms with Crippen LogP contribution in [0.3, 0.4) is 0 Å². The van der Waals surface area contributed by atoms with Gasteiger partial charge in [-0.25, -0.2) is 0 Å². The quantitative estimate of drug-likeness (QED) is 0.809. The van der Waals surface area contributed by atoms with Gasteiger partial charge in [0.05, 0.1) is 0 Å². The molecule has 1 amide bonds. The number of hydrogen-bond acceptors (Lipinski definition) is 1. The molecule has 0 unspecified atom stereocenters. The lowest BCUT2D eigenvalue weighted by Gasteiger charge is -2.09. The van der Waals surface area contributed by atoms with Gasteiger partial charge in [0.2, 0.25) is 0 Å². The van der Waals surface area contributed by atoms with Gasteiger partial charge >= 0.3 is 0 Å². The molecule has 2 aromatic rings. The van der Waals surface area contributed by atoms with Gasteiger partial charge in [-0.1, -0.05) is 18.2 Å². The standard InChI is InChI=1S/C15H14INO/c1-10-5-3-8-14(11(10)2)15(18)17-13-7-4-6-12(16)9-13/h3-9H,1-2H3,(H,17,18). The minimum absolute atomic E-state index is 0.0572. The molecule has 18 heavy (non-hydrogen) atoms. The second-order valence-corrected chi connectivity index (χ2v) is 5.46. The Morgan fingerprint density at radius 1 is 1.11 bits per heavy atom. The van der Waals surface area contributed by atoms with E-state index in [1.165, 1.54) is 0 Å². The summed E-state index contributed by atoms with van der Waals surface area (Å²) in [6.45, 7) is 3.98. The van der Waals surface area contributed by atoms with Crippen molar-refractivity contribution in [1.29, 1.82) is 0 Å². The molecule has 0 bridgehead atoms. The van der Waals surface area contributed by atoms with Crippen molar-refractivity contribution in [2.45, 2.75) is 13.8 Å². The maximum atomic E-state index is 12.2. The minimum Gasteiger partial charge on any atom is -0.322 e. The van der Waals surface area contributed by atoms with Crippen LogP contribution < -0.4 is 5.32 Å². The van der Waals surface area contributed by atoms with Gasteiger partial charge < -0.3 is 5.32 Å². The molecule has 0 heterocycles. The molecular formula is C15H14INO. The second-order valence-electron chi connectivity index (χ2n) is 4.21. The Morgan fingerprint density at radius 3 is 2.56 bits per heavy atom. The first-order chi connectivity index (χ1) is 8.58. The number of nitrogens with one attached hydrogen (secondary N) is 1. The van der Waals surface area contributed by atoms with Gasteiger partial charge in [0.25, 0.3) is 5.91 Å². The summed E-state index contributed by atoms with van der Waals surface area (Å²) in [5, 5.41) is 2.92. The van der Waals surface area contributed by atoms with Crippen LogP contribution in [0.5, 0.6) is 0 Å². The number of carbonyl (C=O) groups is 1. The van der Waals surface area contributed by atoms with E-state index in [2.05, 4.69) is 27.9 Å². The van der Waals surface area contributed by atoms with Crippen molar-refractivity contribution >= 4 is 34.2 Å². The van der Waals surface area contributed by atoms with Gasteiger partial charge in [-0.05, 0) is 71.8 Å². The van der Waals surface area contributed by atoms with E-state index < -0.39 is 0 Å². The van der Waals surface area contributed by atoms with E-state index in [1.54, 1.807) is 0 Å². The van der Waals surface area contributed by atoms with E-state index in [-0.39, 0.29) is 5.91 Å². The van der Waals surface area contributed by atoms with E-state index >= 15 is 0 Å². The summed E-state index contributed by atoms with van der Waals surface area (Å²) in [6, 6.07) is 13.5. The minimum atomic E-state index is -0.0572. The molecule has 1 N–H and O–H groups in total. The van der Waals surface area contributed by atoms with Crippen LogP contribution in [0.4, 0.5) is 5.69 Å². The third-order valence-electron chi connectivity index (χ3n) is 2.93. The van der Waals surface area contributed by atoms with E-state index in [0.717, 1.165) is 25.9 Å². The predicted octanol–water partition coefficient (Wildman–Crippen LogP) is 4.16. The molecule has 0 saturated carbocycles. The number of rotatable bonds is 2. The zero-order chi connectivity index (χ0) is 13.1. The van der Waals surface area contributed by atoms with Gasteiger partial charge in [0.1, 0.15) is 0 Å². The number of carbonyl (C=O) groups excluding carboxylic acids is 1. The third kappa shape index (κ3) is 2.90. The van der Waals surface area contributed by atoms with Crippen molar-refractivity contribution in [3.63, 3.8) is 0 Å². The molecule has 0 radical (unpaired) electrons. The van der Waals surface area contributed by atoms with Gasteiger partial charge in [-0.2, -0.15) is 0 Å². The van der Waals surface area contributed by atoms with Crippen LogP contribution in [-0.2, 0) is 0 Å². The Hall–Kier alpha value is -1.36. The zero-order valence-corrected chi connectivity index (χ0v) is 12.5. The van der Waals surface area contributed by atoms with Crippen LogP contribution in [0, 0.1) is 17.4 Å². The van der Waals surface area contributed by atoms with Crippen molar-refractivity contribution in [1.82, 2.24) is 0 Å². The Morgan fingerprint density at radius 2 is 1.83 bits per heavy atom. The molecule has 3 heteroatoms. The summed E-state index contributed by atoms with van der Waals surface area (Å²) in [5.74, 6) is -0.0572. The number of aryl methyl sites for hydroxylation is 1. The highest BCUT2D eigenvalue weighted by Gasteiger charge is 2.10. The molecule has 2 nitrogen and oxygen atoms in total. The average molecular weight is 351 g/mol. The largest absolute Gasteiger partial charge is 0.322 e. The highest BCUT2D eigenvalue weighted by Crippen LogP contribution is 2.17. The lowest BCUT2D eigenvalue weighted by atomic mass is 10.0. The van der Waals surface area contributed by atoms with Crippen molar-refractivity contribution in [2.75, 3.05) is 5.32 Å². The van der Waals surface area contributed by atoms with Gasteiger partial charge in [-0.15, -0.1) is 0 Å². The molecule has 2 rings (SSSR count). The Balaban J connectivity index is 2.25. The van der Waals surface area contributed by atoms with Crippen LogP contribution in [0.2, 0.25) is 0 Å². The number of anilines is 1. The first kappa shape index (κ1) is 13.1. The summed E-state index contributed by atoms with van der Waals surface area (Å²) in [6.07, 6.45) is 0. The number of halogens is 1. The molecule has 0 aliphatic carbocycles. The molecule has 0 atom stereocenters. The fourth-order valence-electron chi connectivity index (χ4n) is 1.76. The van der Waals surface area contributed by atoms with E-state index in [4.69, 9.17) is 0 Å². The molecule has 0 saturated heterocycles. The topological polar surface area (TPSA) is 29.1 Å². The Bertz CT molecular complexity index is 593. The third-order valence-corrected chi connectivity index (χ3v) is 3.60. The molecule has 0 aromatic heterocycles. The maximum Gasteiger partial charge on any atom is 0.255 e. The van der Waals surface area contributed by atoms with Crippen molar-refractivity contribution in [3.8, 4) is 0 Å². The van der Waals surface area contributed by atoms with Crippen molar-refractivity contribution < 1.29 is 4.79 Å². The van der Waals surface area contributed by atoms with E-state index in [9.17, 15) is 4.79 Å². The lowest BCUT2D eigenvalue weighted by Crippen LogP contribution is -2.13. The molecule has 0 aliphatic rings. The van der Waals surface area contributed by atoms with Crippen LogP contribution in [0.25, 0.3) is 0 Å². The van der Waals surface area contributed by atoms with E-state index in [0.29, 0.717) is 0 Å². The highest BCUT2D eigenvalue weighted by molar-refractivity contribution is 14.1. The molecular weight excluding hydrogens is 337 g/mol. The predicted molar refractivity (Wildman–Crippen MR) is 83.0 cm³/mol. The fourth-order valence-corrected chi connectivity index (χ4v) is 2.30. The number of amides is 1. The number of hydrogen-bond donors (Lipinski definition) is 1. The van der Waals surface area contributed by atoms with Gasteiger partial charge in [-0.3, -0.25) is 4.79 Å². The smallest absolute Gasteiger partial charge is 0.255 e. The fraction of sp³-hybridized carbons (Fsp3) is 0.133. The summed E-state index contributed by atoms with van der Waals surface area (Å²) < 4.78 is 1.10. The molecule has 0 aliphatic heterocycles. The first-order valence-electron chi connectivity index (χ1n) is 5.71. The molecule has 0 spiro atoms. The highest BCUT2D eigenvalue weighted by atomic mass is 127. The molecule has 0 fully saturated rings. The summed E-state index contributed by atoms with van der Waals surface area (Å²) in [4.78, 5) is 12.2. The monoisotopic (exact) mass is 351 g/mol. The van der Waals surface area contributed by atoms with Crippen molar-refractivity contribution in [2.24, 2.45) is 0 Å². The molecule has 2 aromatic carbocycles. The second kappa shape index (κ2) is 5.52. The van der Waals surface area contributed by atoms with E-state index in [1.807, 2.05) is 56.3 Å². The van der Waals surface area contributed by atoms with Crippen LogP contribution >= 0.6 is 22.6 Å². The van der Waals surface area contributed by atoms with Crippen molar-refractivity contribution in [3.05, 3.63) is 62.7 Å². The van der Waals surface area contributed by atoms with Crippen LogP contribution in [0.1, 0.15) is 21.5 Å². The van der Waals surface area contributed by atoms with Gasteiger partial charge in [0.15, 0.2) is 0 Å². The summed E-state index contributed by atoms with van der Waals surface area (Å²) in [5.41, 5.74) is 3.72. The SMILES string of the molecule is Cc1cccc(C(=O)Nc2cccc(I)c2)c1C. The molecule has 92 valence electrons. The average Bonchev–Trinajstić information content (AvgIpc) is 2.32.